The molecule has 2 rings (SSSR count). The normalized spacial score (nSPS) is 19.8. The second kappa shape index (κ2) is 8.35. The first kappa shape index (κ1) is 20.6. The molecule has 1 N–H and O–H groups in total. The molecule has 1 saturated heterocycles. The molecule has 0 aromatic carbocycles. The van der Waals surface area contributed by atoms with Gasteiger partial charge in [0, 0.05) is 26.2 Å². The molecule has 0 radical (unpaired) electrons. The molecule has 1 aromatic heterocycles. The van der Waals surface area contributed by atoms with E-state index in [1.807, 2.05) is 0 Å². The van der Waals surface area contributed by atoms with Crippen LogP contribution in [-0.2, 0) is 4.74 Å². The molecule has 1 aromatic rings. The highest BCUT2D eigenvalue weighted by Gasteiger charge is 2.30. The fourth-order valence-electron chi connectivity index (χ4n) is 3.34. The van der Waals surface area contributed by atoms with Gasteiger partial charge in [-0.25, -0.2) is 4.79 Å². The summed E-state index contributed by atoms with van der Waals surface area (Å²) in [4.78, 5) is 29.0. The number of esters is 1. The first-order valence-electron chi connectivity index (χ1n) is 8.71. The number of carbonyl (C=O) groups is 2. The van der Waals surface area contributed by atoms with Gasteiger partial charge in [0.15, 0.2) is 5.11 Å². The lowest BCUT2D eigenvalue weighted by molar-refractivity contribution is 0.0601. The van der Waals surface area contributed by atoms with Gasteiger partial charge in [0.05, 0.1) is 17.6 Å². The van der Waals surface area contributed by atoms with Crippen molar-refractivity contribution in [2.45, 2.75) is 52.1 Å². The fourth-order valence-corrected chi connectivity index (χ4v) is 5.08. The van der Waals surface area contributed by atoms with Gasteiger partial charge in [-0.1, -0.05) is 0 Å². The highest BCUT2D eigenvalue weighted by molar-refractivity contribution is 7.80. The Bertz CT molecular complexity index is 705. The summed E-state index contributed by atoms with van der Waals surface area (Å²) in [5.74, 6) is -0.613. The van der Waals surface area contributed by atoms with Crippen LogP contribution in [0.5, 0.6) is 0 Å². The number of amides is 1. The molecule has 6 nitrogen and oxygen atoms in total. The second-order valence-electron chi connectivity index (χ2n) is 6.92. The first-order valence-corrected chi connectivity index (χ1v) is 9.94. The molecule has 1 amide bonds. The van der Waals surface area contributed by atoms with Crippen molar-refractivity contribution in [3.8, 4) is 0 Å². The molecule has 144 valence electrons. The van der Waals surface area contributed by atoms with Crippen molar-refractivity contribution in [2.75, 3.05) is 26.5 Å². The number of thiocarbonyl (C=S) groups is 1. The van der Waals surface area contributed by atoms with E-state index in [-0.39, 0.29) is 5.91 Å². The number of piperidine rings is 1. The van der Waals surface area contributed by atoms with Gasteiger partial charge in [-0.05, 0) is 57.8 Å². The van der Waals surface area contributed by atoms with Crippen molar-refractivity contribution in [1.29, 1.82) is 0 Å². The molecule has 8 heteroatoms. The van der Waals surface area contributed by atoms with Crippen molar-refractivity contribution in [3.63, 3.8) is 0 Å². The summed E-state index contributed by atoms with van der Waals surface area (Å²) in [5.41, 5.74) is 0.993. The molecule has 0 spiro atoms. The Morgan fingerprint density at radius 2 is 1.85 bits per heavy atom. The van der Waals surface area contributed by atoms with Crippen LogP contribution in [0.2, 0.25) is 0 Å². The Morgan fingerprint density at radius 1 is 1.27 bits per heavy atom. The minimum atomic E-state index is -0.471. The molecule has 0 aliphatic carbocycles. The lowest BCUT2D eigenvalue weighted by Gasteiger charge is -2.40. The first-order chi connectivity index (χ1) is 12.2. The van der Waals surface area contributed by atoms with E-state index >= 15 is 0 Å². The van der Waals surface area contributed by atoms with Crippen LogP contribution in [0.4, 0.5) is 5.00 Å². The Balaban J connectivity index is 2.38. The van der Waals surface area contributed by atoms with Crippen molar-refractivity contribution in [3.05, 3.63) is 16.0 Å². The number of nitrogens with zero attached hydrogens (tertiary/aromatic N) is 2. The van der Waals surface area contributed by atoms with Crippen LogP contribution < -0.4 is 5.32 Å². The standard InChI is InChI=1S/C18H27N3O3S2/c1-10-8-7-9-11(2)21(10)18(25)19-15-13(17(23)24-6)12(3)14(26-15)16(22)20(4)5/h10-11H,7-9H2,1-6H3,(H,19,25)/t10-,11-/m0/s1. The predicted molar refractivity (Wildman–Crippen MR) is 109 cm³/mol. The van der Waals surface area contributed by atoms with E-state index in [2.05, 4.69) is 24.1 Å². The zero-order valence-corrected chi connectivity index (χ0v) is 17.8. The number of nitrogens with one attached hydrogen (secondary N) is 1. The van der Waals surface area contributed by atoms with Crippen LogP contribution >= 0.6 is 23.6 Å². The number of ether oxygens (including phenoxy) is 1. The van der Waals surface area contributed by atoms with Gasteiger partial charge in [0.25, 0.3) is 5.91 Å². The van der Waals surface area contributed by atoms with Crippen LogP contribution in [0, 0.1) is 6.92 Å². The largest absolute Gasteiger partial charge is 0.465 e. The quantitative estimate of drug-likeness (QED) is 0.622. The molecular weight excluding hydrogens is 370 g/mol. The number of hydrogen-bond donors (Lipinski definition) is 1. The average Bonchev–Trinajstić information content (AvgIpc) is 2.89. The van der Waals surface area contributed by atoms with Gasteiger partial charge in [-0.3, -0.25) is 4.79 Å². The van der Waals surface area contributed by atoms with Gasteiger partial charge >= 0.3 is 5.97 Å². The Labute approximate surface area is 164 Å². The Hall–Kier alpha value is -1.67. The number of likely N-dealkylation sites (tertiary alicyclic amines) is 1. The topological polar surface area (TPSA) is 61.9 Å². The molecule has 2 heterocycles. The smallest absolute Gasteiger partial charge is 0.341 e. The fraction of sp³-hybridized carbons (Fsp3) is 0.611. The minimum Gasteiger partial charge on any atom is -0.465 e. The van der Waals surface area contributed by atoms with Crippen LogP contribution in [0.15, 0.2) is 0 Å². The van der Waals surface area contributed by atoms with Crippen molar-refractivity contribution < 1.29 is 14.3 Å². The van der Waals surface area contributed by atoms with Crippen LogP contribution in [-0.4, -0.2) is 60.1 Å². The monoisotopic (exact) mass is 397 g/mol. The van der Waals surface area contributed by atoms with Crippen molar-refractivity contribution >= 4 is 45.5 Å². The van der Waals surface area contributed by atoms with E-state index < -0.39 is 5.97 Å². The zero-order valence-electron chi connectivity index (χ0n) is 16.2. The van der Waals surface area contributed by atoms with Gasteiger partial charge < -0.3 is 19.9 Å². The van der Waals surface area contributed by atoms with Gasteiger partial charge in [-0.15, -0.1) is 11.3 Å². The number of methoxy groups -OCH3 is 1. The lowest BCUT2D eigenvalue weighted by atomic mass is 9.98. The maximum Gasteiger partial charge on any atom is 0.341 e. The van der Waals surface area contributed by atoms with E-state index in [0.717, 1.165) is 12.8 Å². The third-order valence-corrected chi connectivity index (χ3v) is 6.29. The molecule has 0 unspecified atom stereocenters. The van der Waals surface area contributed by atoms with Crippen molar-refractivity contribution in [2.24, 2.45) is 0 Å². The lowest BCUT2D eigenvalue weighted by Crippen LogP contribution is -2.49. The third kappa shape index (κ3) is 4.01. The van der Waals surface area contributed by atoms with Crippen molar-refractivity contribution in [1.82, 2.24) is 9.80 Å². The molecule has 1 aliphatic heterocycles. The molecule has 1 aliphatic rings. The van der Waals surface area contributed by atoms with Gasteiger partial charge in [-0.2, -0.15) is 0 Å². The number of carbonyl (C=O) groups excluding carboxylic acids is 2. The zero-order chi connectivity index (χ0) is 19.6. The van der Waals surface area contributed by atoms with Crippen LogP contribution in [0.25, 0.3) is 0 Å². The number of anilines is 1. The minimum absolute atomic E-state index is 0.142. The molecule has 0 bridgehead atoms. The number of rotatable bonds is 3. The van der Waals surface area contributed by atoms with Gasteiger partial charge in [0.1, 0.15) is 5.00 Å². The summed E-state index contributed by atoms with van der Waals surface area (Å²) in [6.07, 6.45) is 3.36. The molecular formula is C18H27N3O3S2. The summed E-state index contributed by atoms with van der Waals surface area (Å²) in [5, 5.41) is 4.36. The average molecular weight is 398 g/mol. The summed E-state index contributed by atoms with van der Waals surface area (Å²) < 4.78 is 4.93. The van der Waals surface area contributed by atoms with E-state index in [4.69, 9.17) is 17.0 Å². The Kier molecular flexibility index (Phi) is 6.63. The molecule has 1 fully saturated rings. The second-order valence-corrected chi connectivity index (χ2v) is 8.33. The van der Waals surface area contributed by atoms with E-state index in [0.29, 0.717) is 38.2 Å². The number of hydrogen-bond acceptors (Lipinski definition) is 5. The van der Waals surface area contributed by atoms with Crippen LogP contribution in [0.3, 0.4) is 0 Å². The van der Waals surface area contributed by atoms with E-state index in [9.17, 15) is 9.59 Å². The summed E-state index contributed by atoms with van der Waals surface area (Å²) in [6.45, 7) is 6.08. The summed E-state index contributed by atoms with van der Waals surface area (Å²) >= 11 is 6.88. The van der Waals surface area contributed by atoms with Crippen LogP contribution in [0.1, 0.15) is 58.7 Å². The highest BCUT2D eigenvalue weighted by atomic mass is 32.1. The molecule has 26 heavy (non-hydrogen) atoms. The Morgan fingerprint density at radius 3 is 2.35 bits per heavy atom. The van der Waals surface area contributed by atoms with E-state index in [1.54, 1.807) is 21.0 Å². The maximum absolute atomic E-state index is 12.4. The molecule has 0 saturated carbocycles. The van der Waals surface area contributed by atoms with E-state index in [1.165, 1.54) is 29.8 Å². The molecule has 2 atom stereocenters. The number of thiophene rings is 1. The predicted octanol–water partition coefficient (Wildman–Crippen LogP) is 3.50. The summed E-state index contributed by atoms with van der Waals surface area (Å²) in [6, 6.07) is 0.675. The van der Waals surface area contributed by atoms with Gasteiger partial charge in [0.2, 0.25) is 0 Å². The highest BCUT2D eigenvalue weighted by Crippen LogP contribution is 2.35. The summed E-state index contributed by atoms with van der Waals surface area (Å²) in [7, 11) is 4.71. The maximum atomic E-state index is 12.4. The SMILES string of the molecule is COC(=O)c1c(NC(=S)N2[C@@H](C)CCC[C@@H]2C)sc(C(=O)N(C)C)c1C. The third-order valence-electron chi connectivity index (χ3n) is 4.79.